The van der Waals surface area contributed by atoms with Crippen LogP contribution in [0.3, 0.4) is 0 Å². The molecular weight excluding hydrogens is 481 g/mol. The molecule has 9 heteroatoms. The standard InChI is InChI=1S/C27H32FN3O4S/c1-5-19(2)31(27(33)29-24-13-12-22(34-3)15-25(24)35-4)18-26(32)30(17-23-7-6-14-36-23)16-20-8-10-21(28)11-9-20/h6-15,19H,5,16-18H2,1-4H3,(H,29,33)/t19-/m1/s1. The van der Waals surface area contributed by atoms with Gasteiger partial charge < -0.3 is 24.6 Å². The number of anilines is 1. The lowest BCUT2D eigenvalue weighted by molar-refractivity contribution is -0.133. The molecule has 1 N–H and O–H groups in total. The van der Waals surface area contributed by atoms with Crippen LogP contribution in [0, 0.1) is 5.82 Å². The van der Waals surface area contributed by atoms with Crippen LogP contribution in [-0.4, -0.2) is 48.5 Å². The zero-order valence-corrected chi connectivity index (χ0v) is 21.8. The molecule has 1 aromatic heterocycles. The van der Waals surface area contributed by atoms with Crippen LogP contribution >= 0.6 is 11.3 Å². The van der Waals surface area contributed by atoms with Crippen LogP contribution in [0.15, 0.2) is 60.0 Å². The summed E-state index contributed by atoms with van der Waals surface area (Å²) in [5.74, 6) is 0.519. The number of ether oxygens (including phenoxy) is 2. The third-order valence-corrected chi connectivity index (χ3v) is 6.77. The molecule has 7 nitrogen and oxygen atoms in total. The summed E-state index contributed by atoms with van der Waals surface area (Å²) in [4.78, 5) is 31.1. The summed E-state index contributed by atoms with van der Waals surface area (Å²) in [6, 6.07) is 14.5. The number of carbonyl (C=O) groups is 2. The van der Waals surface area contributed by atoms with E-state index in [2.05, 4.69) is 5.32 Å². The Bertz CT molecular complexity index is 1140. The number of thiophene rings is 1. The Labute approximate surface area is 215 Å². The quantitative estimate of drug-likeness (QED) is 0.354. The topological polar surface area (TPSA) is 71.1 Å². The first kappa shape index (κ1) is 27.0. The highest BCUT2D eigenvalue weighted by Crippen LogP contribution is 2.29. The molecule has 0 saturated carbocycles. The highest BCUT2D eigenvalue weighted by molar-refractivity contribution is 7.09. The van der Waals surface area contributed by atoms with Gasteiger partial charge in [-0.15, -0.1) is 11.3 Å². The smallest absolute Gasteiger partial charge is 0.322 e. The van der Waals surface area contributed by atoms with Crippen molar-refractivity contribution in [3.63, 3.8) is 0 Å². The van der Waals surface area contributed by atoms with Gasteiger partial charge in [0.05, 0.1) is 26.5 Å². The second kappa shape index (κ2) is 12.9. The summed E-state index contributed by atoms with van der Waals surface area (Å²) < 4.78 is 24.0. The number of hydrogen-bond donors (Lipinski definition) is 1. The van der Waals surface area contributed by atoms with Crippen LogP contribution in [0.25, 0.3) is 0 Å². The first-order chi connectivity index (χ1) is 17.3. The van der Waals surface area contributed by atoms with Crippen LogP contribution in [0.1, 0.15) is 30.7 Å². The second-order valence-electron chi connectivity index (χ2n) is 8.34. The Balaban J connectivity index is 1.80. The molecule has 3 rings (SSSR count). The van der Waals surface area contributed by atoms with Gasteiger partial charge in [-0.1, -0.05) is 25.1 Å². The molecular formula is C27H32FN3O4S. The summed E-state index contributed by atoms with van der Waals surface area (Å²) in [5.41, 5.74) is 1.29. The lowest BCUT2D eigenvalue weighted by Crippen LogP contribution is -2.47. The van der Waals surface area contributed by atoms with Crippen LogP contribution in [0.4, 0.5) is 14.9 Å². The van der Waals surface area contributed by atoms with Gasteiger partial charge >= 0.3 is 6.03 Å². The first-order valence-electron chi connectivity index (χ1n) is 11.7. The zero-order valence-electron chi connectivity index (χ0n) is 21.0. The van der Waals surface area contributed by atoms with Crippen molar-refractivity contribution >= 4 is 29.0 Å². The van der Waals surface area contributed by atoms with Crippen molar-refractivity contribution in [3.05, 3.63) is 76.2 Å². The van der Waals surface area contributed by atoms with E-state index in [4.69, 9.17) is 9.47 Å². The lowest BCUT2D eigenvalue weighted by Gasteiger charge is -2.31. The summed E-state index contributed by atoms with van der Waals surface area (Å²) in [6.07, 6.45) is 0.670. The van der Waals surface area contributed by atoms with Gasteiger partial charge in [0, 0.05) is 23.5 Å². The number of nitrogens with one attached hydrogen (secondary N) is 1. The molecule has 36 heavy (non-hydrogen) atoms. The predicted octanol–water partition coefficient (Wildman–Crippen LogP) is 5.77. The van der Waals surface area contributed by atoms with Crippen molar-refractivity contribution in [2.45, 2.75) is 39.4 Å². The normalized spacial score (nSPS) is 11.5. The highest BCUT2D eigenvalue weighted by atomic mass is 32.1. The molecule has 2 aromatic carbocycles. The van der Waals surface area contributed by atoms with Crippen molar-refractivity contribution in [2.24, 2.45) is 0 Å². The number of amides is 3. The van der Waals surface area contributed by atoms with Crippen molar-refractivity contribution in [3.8, 4) is 11.5 Å². The molecule has 192 valence electrons. The molecule has 0 aliphatic heterocycles. The van der Waals surface area contributed by atoms with Crippen molar-refractivity contribution in [2.75, 3.05) is 26.1 Å². The van der Waals surface area contributed by atoms with E-state index in [1.54, 1.807) is 53.7 Å². The van der Waals surface area contributed by atoms with E-state index in [0.29, 0.717) is 36.7 Å². The van der Waals surface area contributed by atoms with Gasteiger partial charge in [-0.25, -0.2) is 9.18 Å². The minimum atomic E-state index is -0.404. The fraction of sp³-hybridized carbons (Fsp3) is 0.333. The molecule has 0 aliphatic rings. The minimum Gasteiger partial charge on any atom is -0.497 e. The van der Waals surface area contributed by atoms with E-state index in [1.165, 1.54) is 24.1 Å². The monoisotopic (exact) mass is 513 g/mol. The van der Waals surface area contributed by atoms with Crippen LogP contribution < -0.4 is 14.8 Å². The minimum absolute atomic E-state index is 0.105. The molecule has 0 saturated heterocycles. The zero-order chi connectivity index (χ0) is 26.1. The van der Waals surface area contributed by atoms with Crippen LogP contribution in [-0.2, 0) is 17.9 Å². The van der Waals surface area contributed by atoms with E-state index in [9.17, 15) is 14.0 Å². The molecule has 0 spiro atoms. The molecule has 0 fully saturated rings. The van der Waals surface area contributed by atoms with Gasteiger partial charge in [0.2, 0.25) is 5.91 Å². The summed E-state index contributed by atoms with van der Waals surface area (Å²) in [5, 5.41) is 4.83. The largest absolute Gasteiger partial charge is 0.497 e. The number of benzene rings is 2. The molecule has 3 aromatic rings. The molecule has 1 heterocycles. The number of hydrogen-bond acceptors (Lipinski definition) is 5. The van der Waals surface area contributed by atoms with Gasteiger partial charge in [0.15, 0.2) is 0 Å². The van der Waals surface area contributed by atoms with E-state index in [1.807, 2.05) is 31.4 Å². The third kappa shape index (κ3) is 7.21. The maximum Gasteiger partial charge on any atom is 0.322 e. The van der Waals surface area contributed by atoms with Crippen molar-refractivity contribution < 1.29 is 23.5 Å². The SMILES string of the molecule is CC[C@@H](C)N(CC(=O)N(Cc1ccc(F)cc1)Cc1cccs1)C(=O)Nc1ccc(OC)cc1OC. The second-order valence-corrected chi connectivity index (χ2v) is 9.37. The average molecular weight is 514 g/mol. The molecule has 0 unspecified atom stereocenters. The van der Waals surface area contributed by atoms with Crippen LogP contribution in [0.2, 0.25) is 0 Å². The van der Waals surface area contributed by atoms with E-state index < -0.39 is 6.03 Å². The van der Waals surface area contributed by atoms with E-state index >= 15 is 0 Å². The maximum absolute atomic E-state index is 13.5. The molecule has 0 bridgehead atoms. The number of rotatable bonds is 11. The molecule has 0 radical (unpaired) electrons. The van der Waals surface area contributed by atoms with Crippen molar-refractivity contribution in [1.82, 2.24) is 9.80 Å². The predicted molar refractivity (Wildman–Crippen MR) is 140 cm³/mol. The first-order valence-corrected chi connectivity index (χ1v) is 12.6. The van der Waals surface area contributed by atoms with Gasteiger partial charge in [-0.05, 0) is 54.6 Å². The molecule has 1 atom stereocenters. The lowest BCUT2D eigenvalue weighted by atomic mass is 10.2. The molecule has 3 amide bonds. The Morgan fingerprint density at radius 1 is 1.06 bits per heavy atom. The Morgan fingerprint density at radius 2 is 1.81 bits per heavy atom. The fourth-order valence-electron chi connectivity index (χ4n) is 3.62. The Kier molecular flexibility index (Phi) is 9.69. The summed E-state index contributed by atoms with van der Waals surface area (Å²) >= 11 is 1.56. The number of nitrogens with zero attached hydrogens (tertiary/aromatic N) is 2. The average Bonchev–Trinajstić information content (AvgIpc) is 3.40. The van der Waals surface area contributed by atoms with Gasteiger partial charge in [-0.2, -0.15) is 0 Å². The number of carbonyl (C=O) groups excluding carboxylic acids is 2. The van der Waals surface area contributed by atoms with Crippen LogP contribution in [0.5, 0.6) is 11.5 Å². The maximum atomic E-state index is 13.5. The number of methoxy groups -OCH3 is 2. The van der Waals surface area contributed by atoms with E-state index in [-0.39, 0.29) is 24.3 Å². The summed E-state index contributed by atoms with van der Waals surface area (Å²) in [6.45, 7) is 4.47. The van der Waals surface area contributed by atoms with Gasteiger partial charge in [-0.3, -0.25) is 4.79 Å². The highest BCUT2D eigenvalue weighted by Gasteiger charge is 2.26. The Morgan fingerprint density at radius 3 is 2.42 bits per heavy atom. The third-order valence-electron chi connectivity index (χ3n) is 5.91. The number of urea groups is 1. The van der Waals surface area contributed by atoms with Gasteiger partial charge in [0.1, 0.15) is 23.9 Å². The molecule has 0 aliphatic carbocycles. The van der Waals surface area contributed by atoms with E-state index in [0.717, 1.165) is 10.4 Å². The fourth-order valence-corrected chi connectivity index (χ4v) is 4.34. The Hall–Kier alpha value is -3.59. The number of halogens is 1. The van der Waals surface area contributed by atoms with Crippen molar-refractivity contribution in [1.29, 1.82) is 0 Å². The summed E-state index contributed by atoms with van der Waals surface area (Å²) in [7, 11) is 3.06. The van der Waals surface area contributed by atoms with Gasteiger partial charge in [0.25, 0.3) is 0 Å².